The highest BCUT2D eigenvalue weighted by Crippen LogP contribution is 2.45. The van der Waals surface area contributed by atoms with Gasteiger partial charge in [0.1, 0.15) is 24.4 Å². The minimum absolute atomic E-state index is 0.122. The van der Waals surface area contributed by atoms with E-state index in [1.54, 1.807) is 4.90 Å². The van der Waals surface area contributed by atoms with E-state index in [4.69, 9.17) is 14.0 Å². The van der Waals surface area contributed by atoms with Crippen molar-refractivity contribution < 1.29 is 52.9 Å². The van der Waals surface area contributed by atoms with Crippen LogP contribution in [0.4, 0.5) is 0 Å². The third-order valence-corrected chi connectivity index (χ3v) is 6.71. The summed E-state index contributed by atoms with van der Waals surface area (Å²) >= 11 is 0. The molecule has 0 aromatic carbocycles. The number of phosphoric acid groups is 1. The van der Waals surface area contributed by atoms with Crippen LogP contribution in [0.1, 0.15) is 39.5 Å². The summed E-state index contributed by atoms with van der Waals surface area (Å²) in [6.07, 6.45) is -3.89. The largest absolute Gasteiger partial charge is 0.472 e. The number of ether oxygens (including phenoxy) is 2. The number of carbonyl (C=O) groups excluding carboxylic acids is 2. The Bertz CT molecular complexity index is 711. The molecule has 2 aliphatic heterocycles. The average Bonchev–Trinajstić information content (AvgIpc) is 3.11. The third kappa shape index (κ3) is 7.94. The Kier molecular flexibility index (Phi) is 10.7. The lowest BCUT2D eigenvalue weighted by Gasteiger charge is -2.42. The van der Waals surface area contributed by atoms with Crippen LogP contribution in [0.2, 0.25) is 0 Å². The molecule has 192 valence electrons. The van der Waals surface area contributed by atoms with Crippen molar-refractivity contribution in [1.82, 2.24) is 10.2 Å². The number of unbranched alkanes of at least 4 members (excludes halogenated alkanes) is 1. The van der Waals surface area contributed by atoms with Gasteiger partial charge >= 0.3 is 7.82 Å². The van der Waals surface area contributed by atoms with Gasteiger partial charge in [0.25, 0.3) is 0 Å². The summed E-state index contributed by atoms with van der Waals surface area (Å²) < 4.78 is 32.2. The summed E-state index contributed by atoms with van der Waals surface area (Å²) in [7, 11) is -3.04. The third-order valence-electron chi connectivity index (χ3n) is 5.69. The minimum Gasteiger partial charge on any atom is -0.394 e. The number of hydrogen-bond donors (Lipinski definition) is 5. The molecule has 8 atom stereocenters. The van der Waals surface area contributed by atoms with Crippen LogP contribution in [0.3, 0.4) is 0 Å². The lowest BCUT2D eigenvalue weighted by atomic mass is 9.97. The van der Waals surface area contributed by atoms with Gasteiger partial charge in [0, 0.05) is 39.6 Å². The van der Waals surface area contributed by atoms with Crippen LogP contribution in [-0.2, 0) is 32.7 Å². The fourth-order valence-corrected chi connectivity index (χ4v) is 4.59. The second-order valence-corrected chi connectivity index (χ2v) is 9.78. The Morgan fingerprint density at radius 2 is 1.94 bits per heavy atom. The molecular formula is C19H35N2O11P. The summed E-state index contributed by atoms with van der Waals surface area (Å²) in [6, 6.07) is -1.16. The molecule has 2 rings (SSSR count). The quantitative estimate of drug-likeness (QED) is 0.172. The van der Waals surface area contributed by atoms with Crippen LogP contribution >= 0.6 is 7.82 Å². The molecule has 2 aliphatic rings. The second-order valence-electron chi connectivity index (χ2n) is 8.27. The first-order chi connectivity index (χ1) is 15.5. The molecule has 5 N–H and O–H groups in total. The lowest BCUT2D eigenvalue weighted by Crippen LogP contribution is -2.64. The number of carbonyl (C=O) groups is 2. The molecule has 13 nitrogen and oxygen atoms in total. The summed E-state index contributed by atoms with van der Waals surface area (Å²) in [5.41, 5.74) is 0. The maximum Gasteiger partial charge on any atom is 0.472 e. The van der Waals surface area contributed by atoms with Gasteiger partial charge in [-0.25, -0.2) is 4.57 Å². The number of nitrogens with zero attached hydrogens (tertiary/aromatic N) is 1. The second kappa shape index (κ2) is 12.5. The fourth-order valence-electron chi connectivity index (χ4n) is 3.97. The zero-order valence-corrected chi connectivity index (χ0v) is 19.9. The van der Waals surface area contributed by atoms with Crippen molar-refractivity contribution in [1.29, 1.82) is 0 Å². The summed E-state index contributed by atoms with van der Waals surface area (Å²) in [5, 5.41) is 32.1. The van der Waals surface area contributed by atoms with E-state index in [0.29, 0.717) is 19.3 Å². The van der Waals surface area contributed by atoms with Crippen LogP contribution in [0, 0.1) is 0 Å². The van der Waals surface area contributed by atoms with Crippen molar-refractivity contribution in [3.63, 3.8) is 0 Å². The normalized spacial score (nSPS) is 34.2. The molecule has 2 fully saturated rings. The van der Waals surface area contributed by atoms with Crippen molar-refractivity contribution in [2.24, 2.45) is 0 Å². The van der Waals surface area contributed by atoms with Crippen LogP contribution in [0.25, 0.3) is 0 Å². The molecule has 2 saturated heterocycles. The highest BCUT2D eigenvalue weighted by Gasteiger charge is 2.45. The first-order valence-corrected chi connectivity index (χ1v) is 12.4. The molecule has 0 aromatic heterocycles. The van der Waals surface area contributed by atoms with E-state index in [2.05, 4.69) is 9.84 Å². The molecule has 0 saturated carbocycles. The van der Waals surface area contributed by atoms with Gasteiger partial charge in [-0.2, -0.15) is 0 Å². The lowest BCUT2D eigenvalue weighted by molar-refractivity contribution is -0.270. The van der Waals surface area contributed by atoms with Gasteiger partial charge in [-0.15, -0.1) is 0 Å². The molecule has 0 aromatic rings. The van der Waals surface area contributed by atoms with Crippen molar-refractivity contribution in [2.75, 3.05) is 26.9 Å². The zero-order chi connectivity index (χ0) is 24.8. The van der Waals surface area contributed by atoms with E-state index in [9.17, 15) is 34.4 Å². The van der Waals surface area contributed by atoms with Crippen LogP contribution < -0.4 is 5.32 Å². The number of likely N-dealkylation sites (tertiary alicyclic amines) is 1. The van der Waals surface area contributed by atoms with Crippen molar-refractivity contribution in [3.8, 4) is 0 Å². The van der Waals surface area contributed by atoms with E-state index in [1.165, 1.54) is 6.92 Å². The SMILES string of the molecule is COP(=O)(O)O[C@@H]1C[C@@H](C)N(C(=O)CCCCO[C@@H]2O[C@H](CO)[C@H](O)[C@H](O)[C@H]2NC(C)=O)C1. The van der Waals surface area contributed by atoms with E-state index in [1.807, 2.05) is 6.92 Å². The van der Waals surface area contributed by atoms with Crippen molar-refractivity contribution >= 4 is 19.6 Å². The number of phosphoric ester groups is 1. The number of hydrogen-bond acceptors (Lipinski definition) is 10. The summed E-state index contributed by atoms with van der Waals surface area (Å²) in [6.45, 7) is 2.90. The number of nitrogens with one attached hydrogen (secondary N) is 1. The smallest absolute Gasteiger partial charge is 0.394 e. The molecule has 0 spiro atoms. The Labute approximate surface area is 192 Å². The molecular weight excluding hydrogens is 463 g/mol. The monoisotopic (exact) mass is 498 g/mol. The van der Waals surface area contributed by atoms with E-state index in [0.717, 1.165) is 7.11 Å². The minimum atomic E-state index is -4.12. The van der Waals surface area contributed by atoms with Gasteiger partial charge in [-0.1, -0.05) is 0 Å². The van der Waals surface area contributed by atoms with Gasteiger partial charge in [0.15, 0.2) is 6.29 Å². The Morgan fingerprint density at radius 3 is 2.55 bits per heavy atom. The topological polar surface area (TPSA) is 184 Å². The first kappa shape index (κ1) is 28.1. The summed E-state index contributed by atoms with van der Waals surface area (Å²) in [5.74, 6) is -0.565. The molecule has 33 heavy (non-hydrogen) atoms. The first-order valence-electron chi connectivity index (χ1n) is 10.9. The Balaban J connectivity index is 1.77. The standard InChI is InChI=1S/C19H35N2O11P/c1-11-8-13(32-33(27,28)29-3)9-21(11)15(24)6-4-5-7-30-19-16(20-12(2)23)18(26)17(25)14(10-22)31-19/h11,13-14,16-19,22,25-26H,4-10H2,1-3H3,(H,20,23)(H,27,28)/t11-,13-,14-,16-,17+,18-,19-/m1/s1. The number of aliphatic hydroxyl groups is 3. The maximum absolute atomic E-state index is 12.5. The number of amides is 2. The average molecular weight is 498 g/mol. The van der Waals surface area contributed by atoms with Crippen molar-refractivity contribution in [2.45, 2.75) is 82.3 Å². The molecule has 0 bridgehead atoms. The molecule has 0 aliphatic carbocycles. The predicted molar refractivity (Wildman–Crippen MR) is 113 cm³/mol. The van der Waals surface area contributed by atoms with Gasteiger partial charge in [-0.05, 0) is 26.2 Å². The van der Waals surface area contributed by atoms with Gasteiger partial charge in [0.2, 0.25) is 11.8 Å². The van der Waals surface area contributed by atoms with Gasteiger partial charge in [0.05, 0.1) is 12.7 Å². The van der Waals surface area contributed by atoms with Crippen molar-refractivity contribution in [3.05, 3.63) is 0 Å². The summed E-state index contributed by atoms with van der Waals surface area (Å²) in [4.78, 5) is 35.0. The van der Waals surface area contributed by atoms with E-state index < -0.39 is 57.1 Å². The molecule has 2 amide bonds. The van der Waals surface area contributed by atoms with Gasteiger partial charge in [-0.3, -0.25) is 18.6 Å². The maximum atomic E-state index is 12.5. The molecule has 2 heterocycles. The predicted octanol–water partition coefficient (Wildman–Crippen LogP) is -1.13. The van der Waals surface area contributed by atoms with Gasteiger partial charge < -0.3 is 39.9 Å². The molecule has 0 radical (unpaired) electrons. The Hall–Kier alpha value is -1.15. The van der Waals surface area contributed by atoms with Crippen LogP contribution in [0.15, 0.2) is 0 Å². The van der Waals surface area contributed by atoms with Crippen LogP contribution in [-0.4, -0.2) is 107 Å². The number of aliphatic hydroxyl groups excluding tert-OH is 3. The van der Waals surface area contributed by atoms with Crippen LogP contribution in [0.5, 0.6) is 0 Å². The fraction of sp³-hybridized carbons (Fsp3) is 0.895. The van der Waals surface area contributed by atoms with E-state index >= 15 is 0 Å². The van der Waals surface area contributed by atoms with E-state index in [-0.39, 0.29) is 31.5 Å². The molecule has 1 unspecified atom stereocenters. The Morgan fingerprint density at radius 1 is 1.24 bits per heavy atom. The highest BCUT2D eigenvalue weighted by atomic mass is 31.2. The molecule has 14 heteroatoms. The highest BCUT2D eigenvalue weighted by molar-refractivity contribution is 7.47. The zero-order valence-electron chi connectivity index (χ0n) is 19.0. The number of rotatable bonds is 11.